The molecule has 9 rings (SSSR count). The smallest absolute Gasteiger partial charge is 0.414 e. The Morgan fingerprint density at radius 2 is 1.26 bits per heavy atom. The van der Waals surface area contributed by atoms with Crippen LogP contribution in [-0.2, 0) is 14.2 Å². The molecule has 2 fully saturated rings. The number of rotatable bonds is 14. The fraction of sp³-hybridized carbons (Fsp3) is 0.250. The molecule has 2 atom stereocenters. The van der Waals surface area contributed by atoms with Crippen LogP contribution in [0.2, 0.25) is 8.67 Å². The summed E-state index contributed by atoms with van der Waals surface area (Å²) in [7, 11) is 1.47. The van der Waals surface area contributed by atoms with E-state index < -0.39 is 18.3 Å². The summed E-state index contributed by atoms with van der Waals surface area (Å²) in [4.78, 5) is 67.8. The molecular formula is C48H48Cl2N10O7S2. The second-order valence-electron chi connectivity index (χ2n) is 15.2. The molecule has 3 aliphatic rings. The maximum atomic E-state index is 12.4. The fourth-order valence-electron chi connectivity index (χ4n) is 7.03. The van der Waals surface area contributed by atoms with Crippen LogP contribution in [0.5, 0.6) is 0 Å². The Bertz CT molecular complexity index is 2730. The number of nitrogens with one attached hydrogen (secondary N) is 4. The molecular weight excluding hydrogens is 964 g/mol. The minimum atomic E-state index is -0.431. The highest BCUT2D eigenvalue weighted by molar-refractivity contribution is 7.18. The van der Waals surface area contributed by atoms with Gasteiger partial charge in [0.15, 0.2) is 0 Å². The number of aliphatic imine (C=N–C) groups is 1. The average Bonchev–Trinajstić information content (AvgIpc) is 4.25. The van der Waals surface area contributed by atoms with E-state index in [1.54, 1.807) is 71.0 Å². The van der Waals surface area contributed by atoms with E-state index in [0.717, 1.165) is 60.2 Å². The monoisotopic (exact) mass is 1010 g/mol. The number of cyclic esters (lactones) is 2. The number of amidine groups is 1. The highest BCUT2D eigenvalue weighted by Crippen LogP contribution is 2.28. The molecule has 6 aromatic rings. The summed E-state index contributed by atoms with van der Waals surface area (Å²) in [6, 6.07) is 29.5. The van der Waals surface area contributed by atoms with Crippen LogP contribution in [0.25, 0.3) is 0 Å². The second kappa shape index (κ2) is 24.3. The van der Waals surface area contributed by atoms with Gasteiger partial charge in [-0.15, -0.1) is 22.7 Å². The van der Waals surface area contributed by atoms with E-state index in [1.165, 1.54) is 29.8 Å². The van der Waals surface area contributed by atoms with Crippen molar-refractivity contribution in [3.05, 3.63) is 151 Å². The van der Waals surface area contributed by atoms with E-state index in [1.807, 2.05) is 60.7 Å². The molecule has 3 aliphatic heterocycles. The summed E-state index contributed by atoms with van der Waals surface area (Å²) >= 11 is 14.1. The number of anilines is 4. The lowest BCUT2D eigenvalue weighted by Crippen LogP contribution is -2.34. The maximum Gasteiger partial charge on any atom is 0.414 e. The Morgan fingerprint density at radius 3 is 1.72 bits per heavy atom. The number of methoxy groups -OCH3 is 1. The van der Waals surface area contributed by atoms with Crippen molar-refractivity contribution >= 4 is 104 Å². The normalized spacial score (nSPS) is 16.0. The van der Waals surface area contributed by atoms with Gasteiger partial charge in [-0.1, -0.05) is 30.1 Å². The van der Waals surface area contributed by atoms with Gasteiger partial charge in [0, 0.05) is 66.2 Å². The first-order valence-electron chi connectivity index (χ1n) is 21.7. The zero-order valence-corrected chi connectivity index (χ0v) is 40.6. The number of hydrogen-bond donors (Lipinski definition) is 4. The number of thiophene rings is 2. The minimum Gasteiger partial charge on any atom is -0.481 e. The lowest BCUT2D eigenvalue weighted by molar-refractivity contribution is 0.0915. The van der Waals surface area contributed by atoms with Gasteiger partial charge in [-0.05, 0) is 103 Å². The first-order valence-corrected chi connectivity index (χ1v) is 24.1. The Morgan fingerprint density at radius 1 is 0.739 bits per heavy atom. The van der Waals surface area contributed by atoms with E-state index in [2.05, 4.69) is 47.5 Å². The molecule has 0 unspecified atom stereocenters. The number of ether oxygens (including phenoxy) is 3. The first-order chi connectivity index (χ1) is 33.5. The van der Waals surface area contributed by atoms with Gasteiger partial charge in [-0.25, -0.2) is 9.59 Å². The van der Waals surface area contributed by atoms with Crippen molar-refractivity contribution in [3.63, 3.8) is 0 Å². The summed E-state index contributed by atoms with van der Waals surface area (Å²) in [5.74, 6) is 0.581. The molecule has 0 saturated carbocycles. The molecule has 2 aromatic carbocycles. The van der Waals surface area contributed by atoms with Crippen LogP contribution in [0, 0.1) is 5.41 Å². The van der Waals surface area contributed by atoms with Crippen molar-refractivity contribution in [1.29, 1.82) is 5.41 Å². The largest absolute Gasteiger partial charge is 0.481 e. The lowest BCUT2D eigenvalue weighted by atomic mass is 10.2. The fourth-order valence-corrected chi connectivity index (χ4v) is 8.95. The zero-order valence-electron chi connectivity index (χ0n) is 37.5. The van der Waals surface area contributed by atoms with Crippen molar-refractivity contribution in [2.45, 2.75) is 25.6 Å². The van der Waals surface area contributed by atoms with E-state index >= 15 is 0 Å². The third-order valence-electron chi connectivity index (χ3n) is 10.4. The third kappa shape index (κ3) is 13.6. The van der Waals surface area contributed by atoms with E-state index in [9.17, 15) is 19.2 Å². The molecule has 4 N–H and O–H groups in total. The van der Waals surface area contributed by atoms with Gasteiger partial charge in [0.25, 0.3) is 11.8 Å². The number of amides is 4. The van der Waals surface area contributed by atoms with Crippen molar-refractivity contribution in [1.82, 2.24) is 20.6 Å². The average molecular weight is 1010 g/mol. The molecule has 358 valence electrons. The number of hydrogen-bond acceptors (Lipinski definition) is 15. The van der Waals surface area contributed by atoms with Gasteiger partial charge in [-0.2, -0.15) is 0 Å². The minimum absolute atomic E-state index is 0.146. The Balaban J connectivity index is 0.000000173. The molecule has 0 bridgehead atoms. The summed E-state index contributed by atoms with van der Waals surface area (Å²) in [6.45, 7) is 5.75. The van der Waals surface area contributed by atoms with Gasteiger partial charge >= 0.3 is 12.2 Å². The standard InChI is InChI=1S/C23H20ClN5O3S.C18H20ClN3O3S.C7H8N2O/c24-20-8-7-19(33-20)22(30)27-13-18-14-29(23(31)32-18)17-5-3-16(4-6-17)28-11-10-26-21(28)15-2-1-9-25-12-15;1-2-9-20-12-3-5-13(6-4-12)22-11-14(25-18(22)24)10-21-17(23)15-7-8-16(19)26-15;1-10-7(8)6-3-2-4-9-5-6/h1-9,12,18H,10-11,13-14H2,(H,27,30);3-8,14,20H,2,9-11H2,1H3,(H,21,23);2-5,8H,1H3/t18-;14-;/m00./s1. The highest BCUT2D eigenvalue weighted by Gasteiger charge is 2.34. The summed E-state index contributed by atoms with van der Waals surface area (Å²) in [6.07, 6.45) is 6.18. The molecule has 17 nitrogen and oxygen atoms in total. The number of benzene rings is 2. The number of carbonyl (C=O) groups excluding carboxylic acids is 4. The molecule has 2 saturated heterocycles. The molecule has 0 radical (unpaired) electrons. The second-order valence-corrected chi connectivity index (χ2v) is 18.7. The number of aromatic nitrogens is 2. The predicted molar refractivity (Wildman–Crippen MR) is 271 cm³/mol. The van der Waals surface area contributed by atoms with Crippen molar-refractivity contribution in [3.8, 4) is 0 Å². The number of nitrogens with zero attached hydrogens (tertiary/aromatic N) is 6. The topological polar surface area (TPSA) is 204 Å². The molecule has 4 amide bonds. The molecule has 7 heterocycles. The summed E-state index contributed by atoms with van der Waals surface area (Å²) in [5.41, 5.74) is 5.19. The van der Waals surface area contributed by atoms with Gasteiger partial charge < -0.3 is 35.1 Å². The van der Waals surface area contributed by atoms with Gasteiger partial charge in [0.05, 0.1) is 63.8 Å². The van der Waals surface area contributed by atoms with Crippen LogP contribution in [0.4, 0.5) is 32.3 Å². The summed E-state index contributed by atoms with van der Waals surface area (Å²) < 4.78 is 16.6. The zero-order chi connectivity index (χ0) is 48.7. The third-order valence-corrected chi connectivity index (χ3v) is 12.9. The summed E-state index contributed by atoms with van der Waals surface area (Å²) in [5, 5.41) is 16.1. The Labute approximate surface area is 416 Å². The highest BCUT2D eigenvalue weighted by atomic mass is 35.5. The van der Waals surface area contributed by atoms with E-state index in [-0.39, 0.29) is 36.9 Å². The van der Waals surface area contributed by atoms with Crippen LogP contribution in [0.1, 0.15) is 43.8 Å². The van der Waals surface area contributed by atoms with Gasteiger partial charge in [0.1, 0.15) is 18.0 Å². The van der Waals surface area contributed by atoms with Crippen molar-refractivity contribution < 1.29 is 33.4 Å². The van der Waals surface area contributed by atoms with Crippen molar-refractivity contribution in [2.75, 3.05) is 72.9 Å². The van der Waals surface area contributed by atoms with Gasteiger partial charge in [0.2, 0.25) is 5.90 Å². The molecule has 69 heavy (non-hydrogen) atoms. The molecule has 21 heteroatoms. The van der Waals surface area contributed by atoms with Crippen LogP contribution in [0.15, 0.2) is 127 Å². The molecule has 0 spiro atoms. The van der Waals surface area contributed by atoms with E-state index in [0.29, 0.717) is 37.1 Å². The number of halogens is 2. The van der Waals surface area contributed by atoms with E-state index in [4.69, 9.17) is 38.1 Å². The molecule has 4 aromatic heterocycles. The van der Waals surface area contributed by atoms with Crippen molar-refractivity contribution in [2.24, 2.45) is 4.99 Å². The number of pyridine rings is 2. The number of carbonyl (C=O) groups is 4. The molecule has 0 aliphatic carbocycles. The maximum absolute atomic E-state index is 12.4. The predicted octanol–water partition coefficient (Wildman–Crippen LogP) is 8.85. The van der Waals surface area contributed by atoms with Crippen LogP contribution in [0.3, 0.4) is 0 Å². The SMILES string of the molecule is CCCNc1ccc(N2C[C@H](CNC(=O)c3ccc(Cl)s3)OC2=O)cc1.COC(=N)c1cccnc1.O=C(NC[C@H]1CN(c2ccc(N3CCN=C3c3cccnc3)cc2)C(=O)O1)c1ccc(Cl)s1. The Kier molecular flexibility index (Phi) is 17.5. The first kappa shape index (κ1) is 49.8. The van der Waals surface area contributed by atoms with Crippen LogP contribution in [-0.4, -0.2) is 111 Å². The lowest BCUT2D eigenvalue weighted by Gasteiger charge is -2.21. The van der Waals surface area contributed by atoms with Gasteiger partial charge in [-0.3, -0.25) is 39.8 Å². The quantitative estimate of drug-likeness (QED) is 0.0600. The van der Waals surface area contributed by atoms with Crippen LogP contribution >= 0.6 is 45.9 Å². The van der Waals surface area contributed by atoms with Crippen LogP contribution < -0.4 is 30.7 Å². The Hall–Kier alpha value is -7.06.